The van der Waals surface area contributed by atoms with Crippen molar-refractivity contribution in [2.24, 2.45) is 0 Å². The number of hydrogen-bond acceptors (Lipinski definition) is 14. The van der Waals surface area contributed by atoms with E-state index in [1.54, 1.807) is 0 Å². The number of fused-ring (bicyclic) bond motifs is 1. The number of carboxylic acids is 2. The molecule has 1 aliphatic heterocycles. The van der Waals surface area contributed by atoms with Gasteiger partial charge in [0.05, 0.1) is 18.5 Å². The van der Waals surface area contributed by atoms with E-state index in [-0.39, 0.29) is 33.7 Å². The van der Waals surface area contributed by atoms with Crippen molar-refractivity contribution in [1.29, 1.82) is 0 Å². The van der Waals surface area contributed by atoms with Gasteiger partial charge in [0.1, 0.15) is 23.8 Å². The number of thioether (sulfide) groups is 1. The topological polar surface area (TPSA) is 258 Å². The summed E-state index contributed by atoms with van der Waals surface area (Å²) in [5.41, 5.74) is 6.14. The third-order valence-corrected chi connectivity index (χ3v) is 7.21. The van der Waals surface area contributed by atoms with Crippen LogP contribution in [-0.2, 0) is 19.2 Å². The second-order valence-electron chi connectivity index (χ2n) is 8.15. The van der Waals surface area contributed by atoms with Crippen molar-refractivity contribution in [3.8, 4) is 0 Å². The summed E-state index contributed by atoms with van der Waals surface area (Å²) < 4.78 is 12.9. The molecule has 4 aromatic rings. The van der Waals surface area contributed by atoms with Gasteiger partial charge >= 0.3 is 11.9 Å². The minimum absolute atomic E-state index is 0.00330. The molecule has 1 aromatic carbocycles. The highest BCUT2D eigenvalue weighted by Crippen LogP contribution is 2.42. The molecule has 3 aromatic heterocycles. The second-order valence-corrected chi connectivity index (χ2v) is 9.74. The lowest BCUT2D eigenvalue weighted by Crippen LogP contribution is -2.41. The van der Waals surface area contributed by atoms with Gasteiger partial charge in [-0.2, -0.15) is 15.2 Å². The Bertz CT molecular complexity index is 1520. The number of nitrogens with one attached hydrogen (secondary N) is 1. The standard InChI is InChI=1S/C20H18ClN9O8S/c21-19-24-13(22)10-14(25-19)30(6-23-10)15-12(32)11(31)9(38-15)5-37-20(18(35)36,17-26-28-29-27-17)39-8-3-1-7(2-4-8)16(33)34/h1-4,6,9,11-12,15,31-32H,5H2,(H,33,34)(H,35,36)(H2,22,24,25)(H,26,27,28,29)/t9-,11-,12-,15-,20?/m1/s1. The van der Waals surface area contributed by atoms with Gasteiger partial charge in [-0.3, -0.25) is 4.57 Å². The maximum absolute atomic E-state index is 12.5. The first-order chi connectivity index (χ1) is 18.6. The molecule has 1 fully saturated rings. The molecule has 1 unspecified atom stereocenters. The van der Waals surface area contributed by atoms with Gasteiger partial charge in [0, 0.05) is 4.90 Å². The van der Waals surface area contributed by atoms with E-state index in [1.807, 2.05) is 0 Å². The molecule has 0 spiro atoms. The molecule has 39 heavy (non-hydrogen) atoms. The third-order valence-electron chi connectivity index (χ3n) is 5.77. The number of aromatic nitrogens is 8. The van der Waals surface area contributed by atoms with E-state index in [4.69, 9.17) is 31.9 Å². The number of aromatic carboxylic acids is 1. The van der Waals surface area contributed by atoms with E-state index in [0.717, 1.165) is 0 Å². The maximum atomic E-state index is 12.5. The van der Waals surface area contributed by atoms with Gasteiger partial charge < -0.3 is 35.6 Å². The fourth-order valence-electron chi connectivity index (χ4n) is 3.87. The molecule has 0 saturated carbocycles. The predicted molar refractivity (Wildman–Crippen MR) is 129 cm³/mol. The zero-order valence-electron chi connectivity index (χ0n) is 19.3. The fraction of sp³-hybridized carbons (Fsp3) is 0.300. The van der Waals surface area contributed by atoms with Crippen molar-refractivity contribution in [3.63, 3.8) is 0 Å². The van der Waals surface area contributed by atoms with Crippen molar-refractivity contribution >= 4 is 52.3 Å². The molecule has 0 bridgehead atoms. The highest BCUT2D eigenvalue weighted by molar-refractivity contribution is 8.00. The van der Waals surface area contributed by atoms with Crippen LogP contribution in [0.1, 0.15) is 22.4 Å². The van der Waals surface area contributed by atoms with Crippen molar-refractivity contribution in [2.45, 2.75) is 34.4 Å². The number of benzene rings is 1. The molecule has 204 valence electrons. The van der Waals surface area contributed by atoms with Crippen LogP contribution in [0.3, 0.4) is 0 Å². The number of tetrazole rings is 1. The normalized spacial score (nSPS) is 22.6. The summed E-state index contributed by atoms with van der Waals surface area (Å²) in [6.07, 6.45) is -4.22. The number of carboxylic acid groups (broad SMARTS) is 2. The van der Waals surface area contributed by atoms with Crippen LogP contribution in [0.2, 0.25) is 5.28 Å². The van der Waals surface area contributed by atoms with E-state index in [0.29, 0.717) is 16.7 Å². The largest absolute Gasteiger partial charge is 0.478 e. The summed E-state index contributed by atoms with van der Waals surface area (Å²) in [5, 5.41) is 53.7. The zero-order valence-corrected chi connectivity index (χ0v) is 20.9. The van der Waals surface area contributed by atoms with Crippen LogP contribution in [0.4, 0.5) is 5.82 Å². The molecule has 7 N–H and O–H groups in total. The number of nitrogens with two attached hydrogens (primary N) is 1. The Hall–Kier alpha value is -3.94. The molecule has 4 heterocycles. The van der Waals surface area contributed by atoms with Crippen molar-refractivity contribution in [1.82, 2.24) is 40.1 Å². The number of ether oxygens (including phenoxy) is 2. The molecular weight excluding hydrogens is 562 g/mol. The Morgan fingerprint density at radius 1 is 1.21 bits per heavy atom. The van der Waals surface area contributed by atoms with Gasteiger partial charge in [0.15, 0.2) is 17.7 Å². The average Bonchev–Trinajstić information content (AvgIpc) is 3.63. The first-order valence-corrected chi connectivity index (χ1v) is 12.1. The second kappa shape index (κ2) is 10.3. The number of carbonyl (C=O) groups is 2. The number of imidazole rings is 1. The first kappa shape index (κ1) is 26.7. The monoisotopic (exact) mass is 579 g/mol. The Morgan fingerprint density at radius 2 is 1.95 bits per heavy atom. The number of nitrogens with zero attached hydrogens (tertiary/aromatic N) is 7. The SMILES string of the molecule is Nc1nc(Cl)nc2c1ncn2[C@@H]1O[C@H](COC(Sc2ccc(C(=O)O)cc2)(C(=O)O)c2nn[nH]n2)[C@@H](O)[C@H]1O. The molecule has 5 atom stereocenters. The highest BCUT2D eigenvalue weighted by atomic mass is 35.5. The summed E-state index contributed by atoms with van der Waals surface area (Å²) in [6.45, 7) is -0.555. The van der Waals surface area contributed by atoms with Gasteiger partial charge in [0.2, 0.25) is 11.1 Å². The fourth-order valence-corrected chi connectivity index (χ4v) is 5.03. The number of rotatable bonds is 9. The number of aliphatic carboxylic acids is 1. The van der Waals surface area contributed by atoms with Crippen LogP contribution in [0, 0.1) is 0 Å². The summed E-state index contributed by atoms with van der Waals surface area (Å²) >= 11 is 6.55. The molecule has 5 rings (SSSR count). The Kier molecular flexibility index (Phi) is 7.05. The maximum Gasteiger partial charge on any atom is 0.355 e. The number of aliphatic hydroxyl groups is 2. The lowest BCUT2D eigenvalue weighted by molar-refractivity contribution is -0.161. The van der Waals surface area contributed by atoms with E-state index >= 15 is 0 Å². The zero-order chi connectivity index (χ0) is 27.9. The lowest BCUT2D eigenvalue weighted by atomic mass is 10.1. The minimum atomic E-state index is -2.30. The Balaban J connectivity index is 1.41. The summed E-state index contributed by atoms with van der Waals surface area (Å²) in [6, 6.07) is 5.35. The lowest BCUT2D eigenvalue weighted by Gasteiger charge is -2.27. The van der Waals surface area contributed by atoms with Gasteiger partial charge in [-0.05, 0) is 35.9 Å². The van der Waals surface area contributed by atoms with Gasteiger partial charge in [0.25, 0.3) is 4.93 Å². The van der Waals surface area contributed by atoms with Crippen LogP contribution < -0.4 is 5.73 Å². The van der Waals surface area contributed by atoms with E-state index in [2.05, 4.69) is 35.6 Å². The van der Waals surface area contributed by atoms with Gasteiger partial charge in [-0.1, -0.05) is 17.0 Å². The first-order valence-electron chi connectivity index (χ1n) is 10.9. The quantitative estimate of drug-likeness (QED) is 0.0839. The van der Waals surface area contributed by atoms with Crippen LogP contribution >= 0.6 is 23.4 Å². The molecule has 1 aliphatic rings. The highest BCUT2D eigenvalue weighted by Gasteiger charge is 2.51. The number of aromatic amines is 1. The molecule has 17 nitrogen and oxygen atoms in total. The van der Waals surface area contributed by atoms with Gasteiger partial charge in [-0.25, -0.2) is 14.6 Å². The number of H-pyrrole nitrogens is 1. The number of anilines is 1. The van der Waals surface area contributed by atoms with E-state index in [9.17, 15) is 24.9 Å². The van der Waals surface area contributed by atoms with Crippen LogP contribution in [-0.4, -0.2) is 97.4 Å². The summed E-state index contributed by atoms with van der Waals surface area (Å²) in [5.74, 6) is -3.05. The van der Waals surface area contributed by atoms with Crippen LogP contribution in [0.5, 0.6) is 0 Å². The predicted octanol–water partition coefficient (Wildman–Crippen LogP) is -0.361. The number of hydrogen-bond donors (Lipinski definition) is 6. The van der Waals surface area contributed by atoms with Crippen molar-refractivity contribution in [2.75, 3.05) is 12.3 Å². The minimum Gasteiger partial charge on any atom is -0.478 e. The van der Waals surface area contributed by atoms with Crippen molar-refractivity contribution in [3.05, 3.63) is 47.3 Å². The molecule has 0 amide bonds. The van der Waals surface area contributed by atoms with Gasteiger partial charge in [-0.15, -0.1) is 10.2 Å². The average molecular weight is 580 g/mol. The molecule has 0 aliphatic carbocycles. The van der Waals surface area contributed by atoms with Crippen LogP contribution in [0.15, 0.2) is 35.5 Å². The van der Waals surface area contributed by atoms with E-state index in [1.165, 1.54) is 35.2 Å². The summed E-state index contributed by atoms with van der Waals surface area (Å²) in [4.78, 5) is 33.7. The number of halogens is 1. The van der Waals surface area contributed by atoms with Crippen molar-refractivity contribution < 1.29 is 39.5 Å². The smallest absolute Gasteiger partial charge is 0.355 e. The van der Waals surface area contributed by atoms with Crippen LogP contribution in [0.25, 0.3) is 11.2 Å². The van der Waals surface area contributed by atoms with E-state index < -0.39 is 48.0 Å². The molecule has 19 heteroatoms. The number of aliphatic hydroxyl groups excluding tert-OH is 2. The molecule has 0 radical (unpaired) electrons. The molecular formula is C20H18ClN9O8S. The number of nitrogen functional groups attached to an aromatic ring is 1. The Labute approximate surface area is 225 Å². The molecule has 1 saturated heterocycles. The third kappa shape index (κ3) is 4.84. The summed E-state index contributed by atoms with van der Waals surface area (Å²) in [7, 11) is 0. The Morgan fingerprint density at radius 3 is 2.59 bits per heavy atom.